The molecule has 0 heterocycles. The molecule has 2 amide bonds. The summed E-state index contributed by atoms with van der Waals surface area (Å²) < 4.78 is 0.964. The Morgan fingerprint density at radius 2 is 1.47 bits per heavy atom. The molecule has 1 atom stereocenters. The molecule has 0 radical (unpaired) electrons. The average Bonchev–Trinajstić information content (AvgIpc) is 2.76. The molecule has 30 heavy (non-hydrogen) atoms. The standard InChI is InChI=1S/C24H21BrN2O2S/c1-17(24(29)27-21-10-8-19(25)9-11-21)30-22-14-12-20(13-15-22)26-23(28)16-7-18-5-3-2-4-6-18/h2-17H,1H3,(H,26,28)(H,27,29)/b16-7+. The van der Waals surface area contributed by atoms with Crippen LogP contribution in [0.4, 0.5) is 11.4 Å². The van der Waals surface area contributed by atoms with Gasteiger partial charge < -0.3 is 10.6 Å². The van der Waals surface area contributed by atoms with Gasteiger partial charge in [0.1, 0.15) is 0 Å². The maximum Gasteiger partial charge on any atom is 0.248 e. The highest BCUT2D eigenvalue weighted by atomic mass is 79.9. The third-order valence-corrected chi connectivity index (χ3v) is 5.78. The fourth-order valence-corrected chi connectivity index (χ4v) is 3.70. The monoisotopic (exact) mass is 480 g/mol. The van der Waals surface area contributed by atoms with E-state index in [-0.39, 0.29) is 17.1 Å². The van der Waals surface area contributed by atoms with Crippen molar-refractivity contribution in [1.82, 2.24) is 0 Å². The van der Waals surface area contributed by atoms with E-state index in [0.717, 1.165) is 20.6 Å². The van der Waals surface area contributed by atoms with E-state index in [1.807, 2.05) is 85.8 Å². The van der Waals surface area contributed by atoms with E-state index < -0.39 is 0 Å². The lowest BCUT2D eigenvalue weighted by Crippen LogP contribution is -2.22. The Kier molecular flexibility index (Phi) is 7.88. The highest BCUT2D eigenvalue weighted by Gasteiger charge is 2.14. The second-order valence-electron chi connectivity index (χ2n) is 6.51. The predicted octanol–water partition coefficient (Wildman–Crippen LogP) is 6.22. The van der Waals surface area contributed by atoms with Gasteiger partial charge in [0.05, 0.1) is 5.25 Å². The van der Waals surface area contributed by atoms with Gasteiger partial charge in [-0.2, -0.15) is 0 Å². The fourth-order valence-electron chi connectivity index (χ4n) is 2.57. The third-order valence-electron chi connectivity index (χ3n) is 4.14. The lowest BCUT2D eigenvalue weighted by molar-refractivity contribution is -0.115. The average molecular weight is 481 g/mol. The lowest BCUT2D eigenvalue weighted by Gasteiger charge is -2.12. The van der Waals surface area contributed by atoms with Crippen molar-refractivity contribution in [3.63, 3.8) is 0 Å². The molecule has 1 unspecified atom stereocenters. The number of rotatable bonds is 7. The Labute approximate surface area is 188 Å². The largest absolute Gasteiger partial charge is 0.325 e. The van der Waals surface area contributed by atoms with Gasteiger partial charge in [-0.3, -0.25) is 9.59 Å². The molecule has 2 N–H and O–H groups in total. The van der Waals surface area contributed by atoms with Gasteiger partial charge in [-0.25, -0.2) is 0 Å². The minimum atomic E-state index is -0.261. The summed E-state index contributed by atoms with van der Waals surface area (Å²) in [5.41, 5.74) is 2.43. The number of hydrogen-bond acceptors (Lipinski definition) is 3. The van der Waals surface area contributed by atoms with Crippen molar-refractivity contribution < 1.29 is 9.59 Å². The van der Waals surface area contributed by atoms with E-state index in [0.29, 0.717) is 5.69 Å². The maximum absolute atomic E-state index is 12.4. The lowest BCUT2D eigenvalue weighted by atomic mass is 10.2. The molecule has 6 heteroatoms. The van der Waals surface area contributed by atoms with Crippen molar-refractivity contribution >= 4 is 57.0 Å². The first-order valence-corrected chi connectivity index (χ1v) is 11.0. The molecule has 3 aromatic rings. The normalized spacial score (nSPS) is 11.8. The van der Waals surface area contributed by atoms with Crippen LogP contribution in [-0.4, -0.2) is 17.1 Å². The first-order chi connectivity index (χ1) is 14.5. The first-order valence-electron chi connectivity index (χ1n) is 9.37. The molecule has 4 nitrogen and oxygen atoms in total. The Hall–Kier alpha value is -2.83. The Bertz CT molecular complexity index is 1020. The smallest absolute Gasteiger partial charge is 0.248 e. The Balaban J connectivity index is 1.51. The van der Waals surface area contributed by atoms with E-state index in [1.54, 1.807) is 6.08 Å². The van der Waals surface area contributed by atoms with E-state index in [9.17, 15) is 9.59 Å². The number of thioether (sulfide) groups is 1. The van der Waals surface area contributed by atoms with Gasteiger partial charge in [0.25, 0.3) is 0 Å². The molecular formula is C24H21BrN2O2S. The molecule has 0 spiro atoms. The summed E-state index contributed by atoms with van der Waals surface area (Å²) in [6.45, 7) is 1.86. The van der Waals surface area contributed by atoms with Crippen LogP contribution in [0.3, 0.4) is 0 Å². The van der Waals surface area contributed by atoms with Gasteiger partial charge in [-0.05, 0) is 67.1 Å². The van der Waals surface area contributed by atoms with Crippen LogP contribution >= 0.6 is 27.7 Å². The van der Waals surface area contributed by atoms with Crippen LogP contribution in [0, 0.1) is 0 Å². The number of anilines is 2. The van der Waals surface area contributed by atoms with Gasteiger partial charge in [0.15, 0.2) is 0 Å². The Morgan fingerprint density at radius 1 is 0.867 bits per heavy atom. The van der Waals surface area contributed by atoms with Gasteiger partial charge in [0.2, 0.25) is 11.8 Å². The van der Waals surface area contributed by atoms with Crippen molar-refractivity contribution in [2.75, 3.05) is 10.6 Å². The van der Waals surface area contributed by atoms with Crippen LogP contribution < -0.4 is 10.6 Å². The number of nitrogens with one attached hydrogen (secondary N) is 2. The van der Waals surface area contributed by atoms with Crippen LogP contribution in [0.15, 0.2) is 94.3 Å². The second kappa shape index (κ2) is 10.8. The number of halogens is 1. The summed E-state index contributed by atoms with van der Waals surface area (Å²) in [6.07, 6.45) is 3.28. The summed E-state index contributed by atoms with van der Waals surface area (Å²) in [6, 6.07) is 24.6. The number of benzene rings is 3. The zero-order valence-corrected chi connectivity index (χ0v) is 18.7. The molecule has 0 aliphatic heterocycles. The van der Waals surface area contributed by atoms with Gasteiger partial charge in [0, 0.05) is 26.8 Å². The number of carbonyl (C=O) groups is 2. The van der Waals surface area contributed by atoms with Gasteiger partial charge >= 0.3 is 0 Å². The van der Waals surface area contributed by atoms with Crippen LogP contribution in [0.1, 0.15) is 12.5 Å². The summed E-state index contributed by atoms with van der Waals surface area (Å²) in [4.78, 5) is 25.4. The molecule has 0 fully saturated rings. The zero-order chi connectivity index (χ0) is 21.3. The molecule has 0 aromatic heterocycles. The molecule has 3 aromatic carbocycles. The number of amides is 2. The number of carbonyl (C=O) groups excluding carboxylic acids is 2. The summed E-state index contributed by atoms with van der Waals surface area (Å²) >= 11 is 4.84. The minimum Gasteiger partial charge on any atom is -0.325 e. The summed E-state index contributed by atoms with van der Waals surface area (Å²) in [5.74, 6) is -0.257. The van der Waals surface area contributed by atoms with E-state index in [1.165, 1.54) is 17.8 Å². The molecule has 0 saturated heterocycles. The molecule has 3 rings (SSSR count). The van der Waals surface area contributed by atoms with E-state index >= 15 is 0 Å². The van der Waals surface area contributed by atoms with E-state index in [2.05, 4.69) is 26.6 Å². The topological polar surface area (TPSA) is 58.2 Å². The van der Waals surface area contributed by atoms with E-state index in [4.69, 9.17) is 0 Å². The molecule has 152 valence electrons. The van der Waals surface area contributed by atoms with Crippen LogP contribution in [0.5, 0.6) is 0 Å². The molecule has 0 saturated carbocycles. The highest BCUT2D eigenvalue weighted by Crippen LogP contribution is 2.26. The first kappa shape index (κ1) is 21.9. The summed E-state index contributed by atoms with van der Waals surface area (Å²) in [7, 11) is 0. The predicted molar refractivity (Wildman–Crippen MR) is 129 cm³/mol. The fraction of sp³-hybridized carbons (Fsp3) is 0.0833. The number of hydrogen-bond donors (Lipinski definition) is 2. The second-order valence-corrected chi connectivity index (χ2v) is 8.84. The third kappa shape index (κ3) is 6.90. The van der Waals surface area contributed by atoms with Crippen LogP contribution in [-0.2, 0) is 9.59 Å². The van der Waals surface area contributed by atoms with Crippen molar-refractivity contribution in [3.8, 4) is 0 Å². The van der Waals surface area contributed by atoms with Gasteiger partial charge in [-0.1, -0.05) is 46.3 Å². The molecule has 0 bridgehead atoms. The van der Waals surface area contributed by atoms with Crippen molar-refractivity contribution in [3.05, 3.63) is 95.0 Å². The summed E-state index contributed by atoms with van der Waals surface area (Å²) in [5, 5.41) is 5.48. The molecule has 0 aliphatic rings. The Morgan fingerprint density at radius 3 is 2.13 bits per heavy atom. The molecular weight excluding hydrogens is 460 g/mol. The van der Waals surface area contributed by atoms with Crippen molar-refractivity contribution in [2.24, 2.45) is 0 Å². The SMILES string of the molecule is CC(Sc1ccc(NC(=O)/C=C/c2ccccc2)cc1)C(=O)Nc1ccc(Br)cc1. The van der Waals surface area contributed by atoms with Crippen LogP contribution in [0.25, 0.3) is 6.08 Å². The van der Waals surface area contributed by atoms with Gasteiger partial charge in [-0.15, -0.1) is 11.8 Å². The maximum atomic E-state index is 12.4. The van der Waals surface area contributed by atoms with Crippen molar-refractivity contribution in [1.29, 1.82) is 0 Å². The van der Waals surface area contributed by atoms with Crippen LogP contribution in [0.2, 0.25) is 0 Å². The zero-order valence-electron chi connectivity index (χ0n) is 16.3. The molecule has 0 aliphatic carbocycles. The quantitative estimate of drug-likeness (QED) is 0.311. The van der Waals surface area contributed by atoms with Crippen molar-refractivity contribution in [2.45, 2.75) is 17.1 Å². The minimum absolute atomic E-state index is 0.0641. The highest BCUT2D eigenvalue weighted by molar-refractivity contribution is 9.10.